The van der Waals surface area contributed by atoms with Crippen molar-refractivity contribution in [3.63, 3.8) is 0 Å². The van der Waals surface area contributed by atoms with Crippen molar-refractivity contribution in [2.24, 2.45) is 16.6 Å². The molecule has 1 heterocycles. The van der Waals surface area contributed by atoms with Gasteiger partial charge in [-0.25, -0.2) is 0 Å². The molecule has 5 nitrogen and oxygen atoms in total. The van der Waals surface area contributed by atoms with Gasteiger partial charge in [-0.3, -0.25) is 9.98 Å². The summed E-state index contributed by atoms with van der Waals surface area (Å²) in [6.07, 6.45) is 7.16. The number of nitrogens with one attached hydrogen (secondary N) is 1. The minimum atomic E-state index is 0.0138. The van der Waals surface area contributed by atoms with Crippen molar-refractivity contribution in [3.8, 4) is 0 Å². The number of guanidine groups is 1. The van der Waals surface area contributed by atoms with Crippen molar-refractivity contribution in [2.45, 2.75) is 32.1 Å². The summed E-state index contributed by atoms with van der Waals surface area (Å²) in [4.78, 5) is 8.73. The maximum absolute atomic E-state index is 9.59. The number of rotatable bonds is 6. The van der Waals surface area contributed by atoms with Gasteiger partial charge >= 0.3 is 0 Å². The number of aliphatic imine (C=N–C) groups is 1. The molecule has 0 radical (unpaired) electrons. The molecule has 0 amide bonds. The highest BCUT2D eigenvalue weighted by Gasteiger charge is 2.13. The zero-order valence-electron chi connectivity index (χ0n) is 14.5. The average molecular weight is 338 g/mol. The van der Waals surface area contributed by atoms with Gasteiger partial charge in [0, 0.05) is 36.6 Å². The lowest BCUT2D eigenvalue weighted by Crippen LogP contribution is -2.26. The van der Waals surface area contributed by atoms with E-state index in [1.807, 2.05) is 18.2 Å². The second kappa shape index (κ2) is 8.62. The quantitative estimate of drug-likeness (QED) is 0.558. The van der Waals surface area contributed by atoms with Crippen LogP contribution >= 0.6 is 0 Å². The number of aliphatic hydroxyl groups excluding tert-OH is 1. The Balaban J connectivity index is 1.61. The van der Waals surface area contributed by atoms with E-state index < -0.39 is 0 Å². The van der Waals surface area contributed by atoms with Crippen LogP contribution in [0.25, 0.3) is 0 Å². The van der Waals surface area contributed by atoms with E-state index in [9.17, 15) is 5.11 Å². The molecule has 0 saturated heterocycles. The van der Waals surface area contributed by atoms with Crippen LogP contribution in [0.4, 0.5) is 5.69 Å². The maximum Gasteiger partial charge on any atom is 0.193 e. The minimum absolute atomic E-state index is 0.0138. The van der Waals surface area contributed by atoms with E-state index in [1.165, 1.54) is 24.0 Å². The van der Waals surface area contributed by atoms with Gasteiger partial charge in [-0.15, -0.1) is 0 Å². The van der Waals surface area contributed by atoms with E-state index >= 15 is 0 Å². The van der Waals surface area contributed by atoms with Gasteiger partial charge in [-0.2, -0.15) is 0 Å². The number of pyridine rings is 1. The lowest BCUT2D eigenvalue weighted by Gasteiger charge is -2.20. The summed E-state index contributed by atoms with van der Waals surface area (Å²) in [5.41, 5.74) is 10.9. The zero-order valence-corrected chi connectivity index (χ0v) is 14.5. The van der Waals surface area contributed by atoms with Gasteiger partial charge in [0.25, 0.3) is 0 Å². The summed E-state index contributed by atoms with van der Waals surface area (Å²) in [6.45, 7) is 0.537. The number of aromatic nitrogens is 1. The molecule has 2 aromatic rings. The summed E-state index contributed by atoms with van der Waals surface area (Å²) in [6, 6.07) is 12.1. The van der Waals surface area contributed by atoms with E-state index in [0.717, 1.165) is 24.2 Å². The maximum atomic E-state index is 9.59. The van der Waals surface area contributed by atoms with Crippen molar-refractivity contribution in [1.29, 1.82) is 0 Å². The molecule has 132 valence electrons. The van der Waals surface area contributed by atoms with Crippen molar-refractivity contribution in [1.82, 2.24) is 4.98 Å². The molecule has 3 rings (SSSR count). The van der Waals surface area contributed by atoms with Gasteiger partial charge in [0.2, 0.25) is 0 Å². The smallest absolute Gasteiger partial charge is 0.193 e. The third-order valence-corrected chi connectivity index (χ3v) is 4.66. The largest absolute Gasteiger partial charge is 0.396 e. The third-order valence-electron chi connectivity index (χ3n) is 4.66. The summed E-state index contributed by atoms with van der Waals surface area (Å²) >= 11 is 0. The Morgan fingerprint density at radius 3 is 2.88 bits per heavy atom. The van der Waals surface area contributed by atoms with Crippen LogP contribution in [0.5, 0.6) is 0 Å². The Morgan fingerprint density at radius 2 is 2.08 bits per heavy atom. The average Bonchev–Trinajstić information content (AvgIpc) is 2.66. The number of hydrogen-bond donors (Lipinski definition) is 3. The Morgan fingerprint density at radius 1 is 1.20 bits per heavy atom. The molecule has 1 unspecified atom stereocenters. The number of anilines is 1. The fourth-order valence-electron chi connectivity index (χ4n) is 3.30. The Kier molecular flexibility index (Phi) is 6.01. The molecule has 25 heavy (non-hydrogen) atoms. The van der Waals surface area contributed by atoms with Crippen molar-refractivity contribution in [2.75, 3.05) is 18.5 Å². The molecule has 0 spiro atoms. The number of nitrogens with zero attached hydrogens (tertiary/aromatic N) is 2. The van der Waals surface area contributed by atoms with Crippen LogP contribution in [0, 0.1) is 5.92 Å². The summed E-state index contributed by atoms with van der Waals surface area (Å²) < 4.78 is 0. The molecule has 0 bridgehead atoms. The van der Waals surface area contributed by atoms with Crippen LogP contribution in [0.3, 0.4) is 0 Å². The van der Waals surface area contributed by atoms with Gasteiger partial charge in [0.15, 0.2) is 5.96 Å². The highest BCUT2D eigenvalue weighted by Crippen LogP contribution is 2.27. The van der Waals surface area contributed by atoms with E-state index in [-0.39, 0.29) is 12.5 Å². The monoisotopic (exact) mass is 338 g/mol. The predicted molar refractivity (Wildman–Crippen MR) is 102 cm³/mol. The molecule has 5 heteroatoms. The standard InChI is InChI=1S/C20H26N4O/c21-20(23-13-15(14-25)12-17-8-3-4-11-22-17)24-19-10-5-7-16-6-1-2-9-18(16)19/h3-5,7-8,10-11,15,25H,1-2,6,9,12-14H2,(H3,21,23,24). The van der Waals surface area contributed by atoms with Crippen LogP contribution in [0.2, 0.25) is 0 Å². The predicted octanol–water partition coefficient (Wildman–Crippen LogP) is 2.54. The van der Waals surface area contributed by atoms with Gasteiger partial charge in [-0.1, -0.05) is 18.2 Å². The van der Waals surface area contributed by atoms with Crippen LogP contribution in [0.15, 0.2) is 47.6 Å². The summed E-state index contributed by atoms with van der Waals surface area (Å²) in [7, 11) is 0. The third kappa shape index (κ3) is 4.79. The molecule has 4 N–H and O–H groups in total. The minimum Gasteiger partial charge on any atom is -0.396 e. The lowest BCUT2D eigenvalue weighted by atomic mass is 9.90. The van der Waals surface area contributed by atoms with Gasteiger partial charge in [-0.05, 0) is 61.4 Å². The van der Waals surface area contributed by atoms with Gasteiger partial charge < -0.3 is 16.2 Å². The molecular formula is C20H26N4O. The van der Waals surface area contributed by atoms with Crippen LogP contribution < -0.4 is 11.1 Å². The van der Waals surface area contributed by atoms with Crippen molar-refractivity contribution >= 4 is 11.6 Å². The highest BCUT2D eigenvalue weighted by atomic mass is 16.3. The Hall–Kier alpha value is -2.40. The first-order valence-corrected chi connectivity index (χ1v) is 8.94. The first-order valence-electron chi connectivity index (χ1n) is 8.94. The number of benzene rings is 1. The van der Waals surface area contributed by atoms with Crippen molar-refractivity contribution in [3.05, 3.63) is 59.4 Å². The SMILES string of the molecule is NC(=NCC(CO)Cc1ccccn1)Nc1cccc2c1CCCC2. The van der Waals surface area contributed by atoms with Crippen LogP contribution in [-0.2, 0) is 19.3 Å². The molecule has 1 aromatic heterocycles. The first-order chi connectivity index (χ1) is 12.3. The van der Waals surface area contributed by atoms with Crippen molar-refractivity contribution < 1.29 is 5.11 Å². The summed E-state index contributed by atoms with van der Waals surface area (Å²) in [5, 5.41) is 12.8. The highest BCUT2D eigenvalue weighted by molar-refractivity contribution is 5.93. The normalized spacial score (nSPS) is 15.5. The molecule has 1 aliphatic carbocycles. The first kappa shape index (κ1) is 17.4. The van der Waals surface area contributed by atoms with E-state index in [4.69, 9.17) is 5.73 Å². The van der Waals surface area contributed by atoms with Gasteiger partial charge in [0.05, 0.1) is 0 Å². The molecule has 1 aliphatic rings. The molecule has 1 aromatic carbocycles. The van der Waals surface area contributed by atoms with E-state index in [2.05, 4.69) is 33.5 Å². The fraction of sp³-hybridized carbons (Fsp3) is 0.400. The second-order valence-electron chi connectivity index (χ2n) is 6.58. The number of aryl methyl sites for hydroxylation is 1. The zero-order chi connectivity index (χ0) is 17.5. The summed E-state index contributed by atoms with van der Waals surface area (Å²) in [5.74, 6) is 0.415. The number of aliphatic hydroxyl groups is 1. The fourth-order valence-corrected chi connectivity index (χ4v) is 3.30. The molecule has 1 atom stereocenters. The number of hydrogen-bond acceptors (Lipinski definition) is 3. The number of fused-ring (bicyclic) bond motifs is 1. The molecule has 0 fully saturated rings. The topological polar surface area (TPSA) is 83.5 Å². The Bertz CT molecular complexity index is 715. The van der Waals surface area contributed by atoms with Crippen LogP contribution in [0.1, 0.15) is 29.7 Å². The molecule has 0 aliphatic heterocycles. The van der Waals surface area contributed by atoms with Crippen LogP contribution in [-0.4, -0.2) is 29.2 Å². The molecule has 0 saturated carbocycles. The van der Waals surface area contributed by atoms with Gasteiger partial charge in [0.1, 0.15) is 0 Å². The lowest BCUT2D eigenvalue weighted by molar-refractivity contribution is 0.229. The second-order valence-corrected chi connectivity index (χ2v) is 6.58. The number of nitrogens with two attached hydrogens (primary N) is 1. The van der Waals surface area contributed by atoms with E-state index in [0.29, 0.717) is 18.9 Å². The molecular weight excluding hydrogens is 312 g/mol. The Labute approximate surface area is 149 Å². The van der Waals surface area contributed by atoms with E-state index in [1.54, 1.807) is 6.20 Å².